The molecule has 2 rings (SSSR count). The van der Waals surface area contributed by atoms with Gasteiger partial charge in [-0.3, -0.25) is 29.4 Å². The number of halogens is 1. The molecule has 6 atom stereocenters. The number of aliphatic hydroxyl groups excluding tert-OH is 1. The van der Waals surface area contributed by atoms with Gasteiger partial charge in [-0.25, -0.2) is 9.18 Å². The number of urea groups is 1. The molecule has 3 amide bonds. The van der Waals surface area contributed by atoms with Crippen molar-refractivity contribution in [2.75, 3.05) is 6.61 Å². The molecule has 0 spiro atoms. The van der Waals surface area contributed by atoms with Crippen molar-refractivity contribution in [1.29, 1.82) is 0 Å². The van der Waals surface area contributed by atoms with Crippen molar-refractivity contribution in [2.45, 2.75) is 57.7 Å². The second-order valence-corrected chi connectivity index (χ2v) is 6.03. The average molecular weight is 406 g/mol. The molecule has 13 heteroatoms. The SMILES string of the molecule is CC(=O)OC[C@H]1O[C@@H](N2C(=O)NC(=O)C(F)C2O)[C@H](OC(C)=O)[C@@H]1OC(C)=O. The van der Waals surface area contributed by atoms with E-state index in [1.54, 1.807) is 5.32 Å². The van der Waals surface area contributed by atoms with Crippen molar-refractivity contribution in [3.63, 3.8) is 0 Å². The van der Waals surface area contributed by atoms with Gasteiger partial charge in [0, 0.05) is 20.8 Å². The monoisotopic (exact) mass is 406 g/mol. The highest BCUT2D eigenvalue weighted by Crippen LogP contribution is 2.32. The average Bonchev–Trinajstić information content (AvgIpc) is 2.87. The molecular weight excluding hydrogens is 387 g/mol. The molecule has 2 aliphatic heterocycles. The maximum atomic E-state index is 13.9. The second-order valence-electron chi connectivity index (χ2n) is 6.03. The smallest absolute Gasteiger partial charge is 0.328 e. The lowest BCUT2D eigenvalue weighted by Crippen LogP contribution is -2.66. The van der Waals surface area contributed by atoms with Gasteiger partial charge in [-0.2, -0.15) is 0 Å². The molecule has 2 N–H and O–H groups in total. The molecule has 2 heterocycles. The van der Waals surface area contributed by atoms with Gasteiger partial charge in [-0.05, 0) is 0 Å². The summed E-state index contributed by atoms with van der Waals surface area (Å²) in [6.45, 7) is 2.73. The molecule has 0 aromatic carbocycles. The number of nitrogens with zero attached hydrogens (tertiary/aromatic N) is 1. The van der Waals surface area contributed by atoms with Crippen molar-refractivity contribution in [1.82, 2.24) is 10.2 Å². The zero-order chi connectivity index (χ0) is 21.2. The van der Waals surface area contributed by atoms with Crippen molar-refractivity contribution in [2.24, 2.45) is 0 Å². The molecule has 12 nitrogen and oxygen atoms in total. The van der Waals surface area contributed by atoms with Gasteiger partial charge in [0.2, 0.25) is 6.17 Å². The Morgan fingerprint density at radius 1 is 1.11 bits per heavy atom. The fourth-order valence-electron chi connectivity index (χ4n) is 2.82. The Kier molecular flexibility index (Phi) is 6.51. The third kappa shape index (κ3) is 4.54. The minimum absolute atomic E-state index is 0.407. The van der Waals surface area contributed by atoms with Gasteiger partial charge < -0.3 is 24.1 Å². The van der Waals surface area contributed by atoms with Crippen LogP contribution in [-0.2, 0) is 38.1 Å². The maximum absolute atomic E-state index is 13.9. The van der Waals surface area contributed by atoms with Crippen LogP contribution in [0.1, 0.15) is 20.8 Å². The number of carbonyl (C=O) groups is 5. The van der Waals surface area contributed by atoms with Crippen LogP contribution in [0.15, 0.2) is 0 Å². The third-order valence-electron chi connectivity index (χ3n) is 3.88. The first-order chi connectivity index (χ1) is 13.0. The lowest BCUT2D eigenvalue weighted by atomic mass is 10.1. The number of hydrogen-bond donors (Lipinski definition) is 2. The van der Waals surface area contributed by atoms with E-state index >= 15 is 0 Å². The summed E-state index contributed by atoms with van der Waals surface area (Å²) in [4.78, 5) is 57.9. The molecule has 2 unspecified atom stereocenters. The Morgan fingerprint density at radius 3 is 2.21 bits per heavy atom. The van der Waals surface area contributed by atoms with E-state index < -0.39 is 73.4 Å². The molecule has 2 fully saturated rings. The number of carbonyl (C=O) groups excluding carboxylic acids is 5. The number of imide groups is 1. The molecule has 0 radical (unpaired) electrons. The van der Waals surface area contributed by atoms with Crippen molar-refractivity contribution >= 4 is 29.8 Å². The summed E-state index contributed by atoms with van der Waals surface area (Å²) in [7, 11) is 0. The Balaban J connectivity index is 2.37. The van der Waals surface area contributed by atoms with Crippen molar-refractivity contribution in [3.05, 3.63) is 0 Å². The zero-order valence-electron chi connectivity index (χ0n) is 15.1. The molecular formula is C15H19FN2O10. The molecule has 0 saturated carbocycles. The van der Waals surface area contributed by atoms with Crippen LogP contribution < -0.4 is 5.32 Å². The Labute approximate surface area is 157 Å². The summed E-state index contributed by atoms with van der Waals surface area (Å²) in [5, 5.41) is 11.7. The Morgan fingerprint density at radius 2 is 1.68 bits per heavy atom. The highest BCUT2D eigenvalue weighted by molar-refractivity contribution is 5.99. The van der Waals surface area contributed by atoms with E-state index in [9.17, 15) is 33.5 Å². The number of amides is 3. The lowest BCUT2D eigenvalue weighted by molar-refractivity contribution is -0.181. The summed E-state index contributed by atoms with van der Waals surface area (Å²) in [5.41, 5.74) is 0. The summed E-state index contributed by atoms with van der Waals surface area (Å²) in [6, 6.07) is -1.22. The largest absolute Gasteiger partial charge is 0.463 e. The standard InChI is InChI=1S/C15H19FN2O10/c1-5(19)25-4-8-10(26-6(2)20)11(27-7(3)21)14(28-8)18-13(23)9(16)12(22)17-15(18)24/h8-11,13-14,23H,4H2,1-3H3,(H,17,22,24)/t8-,9?,10-,11-,13?,14-/m1/s1. The van der Waals surface area contributed by atoms with Gasteiger partial charge in [0.25, 0.3) is 5.91 Å². The minimum atomic E-state index is -2.50. The van der Waals surface area contributed by atoms with Crippen LogP contribution in [0, 0.1) is 0 Å². The molecule has 28 heavy (non-hydrogen) atoms. The van der Waals surface area contributed by atoms with Crippen LogP contribution in [0.5, 0.6) is 0 Å². The van der Waals surface area contributed by atoms with E-state index in [2.05, 4.69) is 0 Å². The minimum Gasteiger partial charge on any atom is -0.463 e. The summed E-state index contributed by atoms with van der Waals surface area (Å²) in [5.74, 6) is -3.71. The Hall–Kier alpha value is -2.80. The number of hydrogen-bond acceptors (Lipinski definition) is 10. The lowest BCUT2D eigenvalue weighted by Gasteiger charge is -2.38. The fourth-order valence-corrected chi connectivity index (χ4v) is 2.82. The highest BCUT2D eigenvalue weighted by atomic mass is 19.1. The van der Waals surface area contributed by atoms with Crippen LogP contribution >= 0.6 is 0 Å². The van der Waals surface area contributed by atoms with Gasteiger partial charge >= 0.3 is 23.9 Å². The number of esters is 3. The molecule has 0 aromatic heterocycles. The number of nitrogens with one attached hydrogen (secondary N) is 1. The maximum Gasteiger partial charge on any atom is 0.328 e. The van der Waals surface area contributed by atoms with Crippen LogP contribution in [0.25, 0.3) is 0 Å². The van der Waals surface area contributed by atoms with Gasteiger partial charge in [0.1, 0.15) is 12.7 Å². The van der Waals surface area contributed by atoms with E-state index in [-0.39, 0.29) is 0 Å². The first kappa shape index (κ1) is 21.5. The molecule has 0 aromatic rings. The quantitative estimate of drug-likeness (QED) is 0.400. The number of rotatable bonds is 5. The fraction of sp³-hybridized carbons (Fsp3) is 0.667. The molecule has 156 valence electrons. The van der Waals surface area contributed by atoms with E-state index in [1.165, 1.54) is 0 Å². The highest BCUT2D eigenvalue weighted by Gasteiger charge is 2.57. The number of aliphatic hydroxyl groups is 1. The van der Waals surface area contributed by atoms with Crippen LogP contribution in [0.4, 0.5) is 9.18 Å². The normalized spacial score (nSPS) is 32.5. The predicted octanol–water partition coefficient (Wildman–Crippen LogP) is -1.65. The first-order valence-electron chi connectivity index (χ1n) is 8.11. The number of alkyl halides is 1. The molecule has 2 saturated heterocycles. The first-order valence-corrected chi connectivity index (χ1v) is 8.11. The van der Waals surface area contributed by atoms with Crippen molar-refractivity contribution < 1.29 is 52.4 Å². The van der Waals surface area contributed by atoms with E-state index in [0.717, 1.165) is 20.8 Å². The molecule has 0 aliphatic carbocycles. The van der Waals surface area contributed by atoms with Crippen LogP contribution in [-0.4, -0.2) is 83.4 Å². The van der Waals surface area contributed by atoms with Crippen LogP contribution in [0.3, 0.4) is 0 Å². The Bertz CT molecular complexity index is 686. The van der Waals surface area contributed by atoms with Crippen LogP contribution in [0.2, 0.25) is 0 Å². The molecule has 2 aliphatic rings. The van der Waals surface area contributed by atoms with Crippen molar-refractivity contribution in [3.8, 4) is 0 Å². The van der Waals surface area contributed by atoms with E-state index in [4.69, 9.17) is 18.9 Å². The van der Waals surface area contributed by atoms with Gasteiger partial charge in [0.05, 0.1) is 0 Å². The summed E-state index contributed by atoms with van der Waals surface area (Å²) < 4.78 is 34.4. The topological polar surface area (TPSA) is 158 Å². The van der Waals surface area contributed by atoms with Gasteiger partial charge in [0.15, 0.2) is 24.7 Å². The third-order valence-corrected chi connectivity index (χ3v) is 3.88. The van der Waals surface area contributed by atoms with E-state index in [1.807, 2.05) is 0 Å². The predicted molar refractivity (Wildman–Crippen MR) is 82.7 cm³/mol. The second kappa shape index (κ2) is 8.48. The van der Waals surface area contributed by atoms with Gasteiger partial charge in [-0.1, -0.05) is 0 Å². The van der Waals surface area contributed by atoms with Gasteiger partial charge in [-0.15, -0.1) is 0 Å². The zero-order valence-corrected chi connectivity index (χ0v) is 15.1. The van der Waals surface area contributed by atoms with E-state index in [0.29, 0.717) is 4.90 Å². The molecule has 0 bridgehead atoms. The summed E-state index contributed by atoms with van der Waals surface area (Å²) >= 11 is 0. The summed E-state index contributed by atoms with van der Waals surface area (Å²) in [6.07, 6.45) is -10.5. The number of ether oxygens (including phenoxy) is 4.